The topological polar surface area (TPSA) is 85.2 Å². The van der Waals surface area contributed by atoms with Crippen molar-refractivity contribution in [3.8, 4) is 22.8 Å². The Morgan fingerprint density at radius 2 is 2.00 bits per heavy atom. The first-order chi connectivity index (χ1) is 12.7. The maximum absolute atomic E-state index is 4.51. The monoisotopic (exact) mass is 345 g/mol. The van der Waals surface area contributed by atoms with Crippen LogP contribution in [0.2, 0.25) is 0 Å². The van der Waals surface area contributed by atoms with Crippen LogP contribution in [0.3, 0.4) is 0 Å². The molecule has 1 N–H and O–H groups in total. The molecule has 26 heavy (non-hydrogen) atoms. The SMILES string of the molecule is Cc1ccccc1C(C)Cn1cnc(-c2cc(-c3nn[nH]n3)ccn2)c1. The Morgan fingerprint density at radius 3 is 2.81 bits per heavy atom. The predicted molar refractivity (Wildman–Crippen MR) is 98.2 cm³/mol. The highest BCUT2D eigenvalue weighted by Gasteiger charge is 2.12. The lowest BCUT2D eigenvalue weighted by Crippen LogP contribution is -2.05. The molecule has 0 bridgehead atoms. The van der Waals surface area contributed by atoms with Gasteiger partial charge >= 0.3 is 0 Å². The van der Waals surface area contributed by atoms with Crippen molar-refractivity contribution in [2.45, 2.75) is 26.3 Å². The Balaban J connectivity index is 1.55. The molecule has 0 fully saturated rings. The molecule has 0 aliphatic rings. The molecule has 0 amide bonds. The van der Waals surface area contributed by atoms with Crippen LogP contribution in [0.25, 0.3) is 22.8 Å². The number of nitrogens with one attached hydrogen (secondary N) is 1. The Morgan fingerprint density at radius 1 is 1.12 bits per heavy atom. The molecule has 4 rings (SSSR count). The minimum Gasteiger partial charge on any atom is -0.336 e. The number of hydrogen-bond acceptors (Lipinski definition) is 5. The summed E-state index contributed by atoms with van der Waals surface area (Å²) in [5, 5.41) is 14.1. The molecule has 0 aliphatic heterocycles. The zero-order chi connectivity index (χ0) is 17.9. The van der Waals surface area contributed by atoms with Gasteiger partial charge in [0.25, 0.3) is 0 Å². The van der Waals surface area contributed by atoms with E-state index >= 15 is 0 Å². The number of pyridine rings is 1. The van der Waals surface area contributed by atoms with E-state index in [-0.39, 0.29) is 0 Å². The molecule has 1 aromatic carbocycles. The summed E-state index contributed by atoms with van der Waals surface area (Å²) in [6, 6.07) is 12.3. The quantitative estimate of drug-likeness (QED) is 0.600. The van der Waals surface area contributed by atoms with E-state index in [1.165, 1.54) is 11.1 Å². The first kappa shape index (κ1) is 16.1. The van der Waals surface area contributed by atoms with Crippen LogP contribution >= 0.6 is 0 Å². The smallest absolute Gasteiger partial charge is 0.204 e. The number of aryl methyl sites for hydroxylation is 1. The van der Waals surface area contributed by atoms with Crippen LogP contribution in [-0.4, -0.2) is 35.2 Å². The number of tetrazole rings is 1. The Labute approximate surface area is 151 Å². The second-order valence-corrected chi connectivity index (χ2v) is 6.38. The first-order valence-electron chi connectivity index (χ1n) is 8.48. The summed E-state index contributed by atoms with van der Waals surface area (Å²) in [5.41, 5.74) is 5.14. The molecule has 7 nitrogen and oxygen atoms in total. The molecule has 1 unspecified atom stereocenters. The van der Waals surface area contributed by atoms with Gasteiger partial charge in [-0.1, -0.05) is 31.2 Å². The van der Waals surface area contributed by atoms with Gasteiger partial charge in [-0.3, -0.25) is 4.98 Å². The van der Waals surface area contributed by atoms with Crippen molar-refractivity contribution in [3.05, 3.63) is 66.2 Å². The number of nitrogens with zero attached hydrogens (tertiary/aromatic N) is 6. The molecule has 0 saturated carbocycles. The molecule has 4 aromatic rings. The first-order valence-corrected chi connectivity index (χ1v) is 8.48. The van der Waals surface area contributed by atoms with Gasteiger partial charge in [0.2, 0.25) is 5.82 Å². The molecule has 0 spiro atoms. The minimum absolute atomic E-state index is 0.400. The number of aromatic nitrogens is 7. The lowest BCUT2D eigenvalue weighted by atomic mass is 9.96. The second kappa shape index (κ2) is 6.87. The number of imidazole rings is 1. The van der Waals surface area contributed by atoms with Gasteiger partial charge in [0.05, 0.1) is 12.0 Å². The van der Waals surface area contributed by atoms with Gasteiger partial charge in [-0.2, -0.15) is 5.21 Å². The van der Waals surface area contributed by atoms with E-state index in [0.717, 1.165) is 23.5 Å². The van der Waals surface area contributed by atoms with E-state index in [0.29, 0.717) is 11.7 Å². The van der Waals surface area contributed by atoms with Crippen molar-refractivity contribution in [1.82, 2.24) is 35.2 Å². The van der Waals surface area contributed by atoms with Crippen LogP contribution in [0.5, 0.6) is 0 Å². The van der Waals surface area contributed by atoms with E-state index in [4.69, 9.17) is 0 Å². The zero-order valence-corrected chi connectivity index (χ0v) is 14.7. The van der Waals surface area contributed by atoms with E-state index < -0.39 is 0 Å². The largest absolute Gasteiger partial charge is 0.336 e. The summed E-state index contributed by atoms with van der Waals surface area (Å²) >= 11 is 0. The highest BCUT2D eigenvalue weighted by Crippen LogP contribution is 2.23. The van der Waals surface area contributed by atoms with Crippen LogP contribution in [0.4, 0.5) is 0 Å². The van der Waals surface area contributed by atoms with E-state index in [9.17, 15) is 0 Å². The van der Waals surface area contributed by atoms with Crippen molar-refractivity contribution in [2.24, 2.45) is 0 Å². The van der Waals surface area contributed by atoms with Crippen LogP contribution in [0.15, 0.2) is 55.1 Å². The summed E-state index contributed by atoms with van der Waals surface area (Å²) in [4.78, 5) is 8.94. The Hall–Kier alpha value is -3.35. The summed E-state index contributed by atoms with van der Waals surface area (Å²) in [7, 11) is 0. The highest BCUT2D eigenvalue weighted by atomic mass is 15.5. The molecular weight excluding hydrogens is 326 g/mol. The molecule has 3 aromatic heterocycles. The number of benzene rings is 1. The summed E-state index contributed by atoms with van der Waals surface area (Å²) in [5.74, 6) is 0.943. The van der Waals surface area contributed by atoms with Gasteiger partial charge in [-0.25, -0.2) is 4.98 Å². The molecular formula is C19H19N7. The molecule has 3 heterocycles. The van der Waals surface area contributed by atoms with Crippen LogP contribution in [-0.2, 0) is 6.54 Å². The molecule has 0 saturated heterocycles. The van der Waals surface area contributed by atoms with Gasteiger partial charge in [-0.15, -0.1) is 10.2 Å². The van der Waals surface area contributed by atoms with Crippen molar-refractivity contribution in [3.63, 3.8) is 0 Å². The minimum atomic E-state index is 0.400. The molecule has 130 valence electrons. The van der Waals surface area contributed by atoms with Gasteiger partial charge in [0, 0.05) is 24.5 Å². The van der Waals surface area contributed by atoms with Gasteiger partial charge in [-0.05, 0) is 41.3 Å². The van der Waals surface area contributed by atoms with Crippen molar-refractivity contribution < 1.29 is 0 Å². The summed E-state index contributed by atoms with van der Waals surface area (Å²) in [6.07, 6.45) is 5.61. The standard InChI is InChI=1S/C19H19N7/c1-13-5-3-4-6-16(13)14(2)10-26-11-18(21-12-26)17-9-15(7-8-20-17)19-22-24-25-23-19/h3-9,11-12,14H,10H2,1-2H3,(H,22,23,24,25). The number of hydrogen-bond donors (Lipinski definition) is 1. The predicted octanol–water partition coefficient (Wildman–Crippen LogP) is 3.24. The number of rotatable bonds is 5. The van der Waals surface area contributed by atoms with Gasteiger partial charge in [0.15, 0.2) is 0 Å². The lowest BCUT2D eigenvalue weighted by Gasteiger charge is -2.15. The number of aromatic amines is 1. The van der Waals surface area contributed by atoms with Crippen LogP contribution in [0.1, 0.15) is 24.0 Å². The van der Waals surface area contributed by atoms with E-state index in [1.807, 2.05) is 24.7 Å². The fourth-order valence-electron chi connectivity index (χ4n) is 3.14. The average Bonchev–Trinajstić information content (AvgIpc) is 3.34. The fourth-order valence-corrected chi connectivity index (χ4v) is 3.14. The molecule has 1 atom stereocenters. The highest BCUT2D eigenvalue weighted by molar-refractivity contribution is 5.63. The summed E-state index contributed by atoms with van der Waals surface area (Å²) in [6.45, 7) is 5.25. The van der Waals surface area contributed by atoms with Crippen LogP contribution < -0.4 is 0 Å². The van der Waals surface area contributed by atoms with Crippen molar-refractivity contribution >= 4 is 0 Å². The molecule has 0 aliphatic carbocycles. The molecule has 7 heteroatoms. The third kappa shape index (κ3) is 3.23. The maximum Gasteiger partial charge on any atom is 0.204 e. The van der Waals surface area contributed by atoms with Crippen molar-refractivity contribution in [1.29, 1.82) is 0 Å². The zero-order valence-electron chi connectivity index (χ0n) is 14.7. The maximum atomic E-state index is 4.51. The third-order valence-electron chi connectivity index (χ3n) is 4.46. The Bertz CT molecular complexity index is 1000. The van der Waals surface area contributed by atoms with Crippen molar-refractivity contribution in [2.75, 3.05) is 0 Å². The van der Waals surface area contributed by atoms with E-state index in [2.05, 4.69) is 73.3 Å². The van der Waals surface area contributed by atoms with Gasteiger partial charge in [0.1, 0.15) is 5.69 Å². The Kier molecular flexibility index (Phi) is 4.27. The fraction of sp³-hybridized carbons (Fsp3) is 0.211. The van der Waals surface area contributed by atoms with Crippen LogP contribution in [0, 0.1) is 6.92 Å². The third-order valence-corrected chi connectivity index (χ3v) is 4.46. The number of H-pyrrole nitrogens is 1. The lowest BCUT2D eigenvalue weighted by molar-refractivity contribution is 0.595. The normalized spacial score (nSPS) is 12.2. The van der Waals surface area contributed by atoms with E-state index in [1.54, 1.807) is 6.20 Å². The molecule has 0 radical (unpaired) electrons. The van der Waals surface area contributed by atoms with Gasteiger partial charge < -0.3 is 4.57 Å². The summed E-state index contributed by atoms with van der Waals surface area (Å²) < 4.78 is 2.11. The average molecular weight is 345 g/mol. The second-order valence-electron chi connectivity index (χ2n) is 6.38.